The number of phenols is 1. The minimum Gasteiger partial charge on any atom is -0.508 e. The molecule has 0 atom stereocenters. The molecule has 0 spiro atoms. The van der Waals surface area contributed by atoms with Crippen LogP contribution in [0.15, 0.2) is 54.6 Å². The highest BCUT2D eigenvalue weighted by atomic mass is 16.5. The zero-order chi connectivity index (χ0) is 14.7. The van der Waals surface area contributed by atoms with E-state index in [0.29, 0.717) is 11.3 Å². The second kappa shape index (κ2) is 5.61. The number of rotatable bonds is 3. The van der Waals surface area contributed by atoms with Crippen molar-refractivity contribution in [3.8, 4) is 22.6 Å². The number of hydrogen-bond acceptors (Lipinski definition) is 3. The lowest BCUT2D eigenvalue weighted by atomic mass is 10.0. The van der Waals surface area contributed by atoms with Gasteiger partial charge in [0, 0.05) is 17.2 Å². The Morgan fingerprint density at radius 1 is 1.15 bits per heavy atom. The second-order valence-electron chi connectivity index (χ2n) is 4.72. The fraction of sp³-hybridized carbons (Fsp3) is 0.118. The molecule has 0 bridgehead atoms. The van der Waals surface area contributed by atoms with E-state index in [9.17, 15) is 9.90 Å². The highest BCUT2D eigenvalue weighted by molar-refractivity contribution is 5.90. The molecule has 0 fully saturated rings. The highest BCUT2D eigenvalue weighted by Gasteiger charge is 2.12. The number of carbonyl (C=O) groups is 1. The summed E-state index contributed by atoms with van der Waals surface area (Å²) in [5.74, 6) is -0.142. The zero-order valence-electron chi connectivity index (χ0n) is 11.5. The van der Waals surface area contributed by atoms with Gasteiger partial charge in [0.1, 0.15) is 11.5 Å². The number of esters is 1. The fourth-order valence-corrected chi connectivity index (χ4v) is 1.75. The number of aryl methyl sites for hydroxylation is 1. The van der Waals surface area contributed by atoms with Crippen molar-refractivity contribution in [2.75, 3.05) is 0 Å². The number of ether oxygens (including phenoxy) is 1. The van der Waals surface area contributed by atoms with E-state index < -0.39 is 5.97 Å². The fourth-order valence-electron chi connectivity index (χ4n) is 1.75. The lowest BCUT2D eigenvalue weighted by Gasteiger charge is -2.11. The first-order valence-electron chi connectivity index (χ1n) is 6.25. The molecule has 0 saturated carbocycles. The molecule has 0 aliphatic heterocycles. The van der Waals surface area contributed by atoms with Crippen molar-refractivity contribution in [2.45, 2.75) is 13.8 Å². The number of benzene rings is 2. The lowest BCUT2D eigenvalue weighted by Crippen LogP contribution is -2.08. The van der Waals surface area contributed by atoms with Crippen molar-refractivity contribution in [2.24, 2.45) is 0 Å². The highest BCUT2D eigenvalue weighted by Crippen LogP contribution is 2.33. The molecule has 0 aliphatic rings. The molecule has 2 aromatic carbocycles. The molecule has 102 valence electrons. The van der Waals surface area contributed by atoms with Gasteiger partial charge >= 0.3 is 5.97 Å². The molecule has 0 radical (unpaired) electrons. The van der Waals surface area contributed by atoms with Crippen LogP contribution < -0.4 is 4.74 Å². The monoisotopic (exact) mass is 268 g/mol. The van der Waals surface area contributed by atoms with Crippen molar-refractivity contribution in [3.63, 3.8) is 0 Å². The van der Waals surface area contributed by atoms with E-state index in [2.05, 4.69) is 6.58 Å². The van der Waals surface area contributed by atoms with Crippen molar-refractivity contribution in [1.82, 2.24) is 0 Å². The van der Waals surface area contributed by atoms with Crippen LogP contribution in [0, 0.1) is 6.92 Å². The summed E-state index contributed by atoms with van der Waals surface area (Å²) in [7, 11) is 0. The van der Waals surface area contributed by atoms with Crippen LogP contribution in [0.25, 0.3) is 11.1 Å². The van der Waals surface area contributed by atoms with E-state index in [1.54, 1.807) is 19.1 Å². The summed E-state index contributed by atoms with van der Waals surface area (Å²) in [6.07, 6.45) is 0. The van der Waals surface area contributed by atoms with Gasteiger partial charge in [-0.2, -0.15) is 0 Å². The van der Waals surface area contributed by atoms with Gasteiger partial charge in [0.05, 0.1) is 0 Å². The summed E-state index contributed by atoms with van der Waals surface area (Å²) in [6, 6.07) is 12.6. The predicted molar refractivity (Wildman–Crippen MR) is 78.7 cm³/mol. The standard InChI is InChI=1S/C17H16O3/c1-11(2)17(19)20-16-10-14(18)8-9-15(16)13-6-4-12(3)5-7-13/h4-10,18H,1H2,2-3H3. The number of carbonyl (C=O) groups excluding carboxylic acids is 1. The summed E-state index contributed by atoms with van der Waals surface area (Å²) in [6.45, 7) is 7.13. The van der Waals surface area contributed by atoms with E-state index in [4.69, 9.17) is 4.74 Å². The Morgan fingerprint density at radius 3 is 2.40 bits per heavy atom. The number of aromatic hydroxyl groups is 1. The third-order valence-electron chi connectivity index (χ3n) is 2.88. The molecule has 0 saturated heterocycles. The molecule has 0 amide bonds. The van der Waals surface area contributed by atoms with Crippen molar-refractivity contribution in [3.05, 3.63) is 60.2 Å². The van der Waals surface area contributed by atoms with Gasteiger partial charge in [-0.3, -0.25) is 0 Å². The molecule has 2 rings (SSSR count). The normalized spacial score (nSPS) is 10.1. The maximum absolute atomic E-state index is 11.7. The summed E-state index contributed by atoms with van der Waals surface area (Å²) in [5.41, 5.74) is 3.12. The summed E-state index contributed by atoms with van der Waals surface area (Å²) in [5, 5.41) is 9.57. The first kappa shape index (κ1) is 13.9. The van der Waals surface area contributed by atoms with Crippen LogP contribution in [-0.2, 0) is 4.79 Å². The minimum atomic E-state index is -0.510. The van der Waals surface area contributed by atoms with Crippen LogP contribution in [0.3, 0.4) is 0 Å². The Balaban J connectivity index is 2.45. The Labute approximate surface area is 118 Å². The van der Waals surface area contributed by atoms with Crippen LogP contribution in [0.5, 0.6) is 11.5 Å². The van der Waals surface area contributed by atoms with Gasteiger partial charge in [0.25, 0.3) is 0 Å². The van der Waals surface area contributed by atoms with Gasteiger partial charge in [0.15, 0.2) is 0 Å². The average molecular weight is 268 g/mol. The van der Waals surface area contributed by atoms with Gasteiger partial charge in [-0.05, 0) is 31.5 Å². The molecule has 2 aromatic rings. The topological polar surface area (TPSA) is 46.5 Å². The van der Waals surface area contributed by atoms with E-state index in [1.807, 2.05) is 31.2 Å². The third kappa shape index (κ3) is 3.06. The molecule has 3 heteroatoms. The Hall–Kier alpha value is -2.55. The predicted octanol–water partition coefficient (Wildman–Crippen LogP) is 3.85. The lowest BCUT2D eigenvalue weighted by molar-refractivity contribution is -0.130. The van der Waals surface area contributed by atoms with Gasteiger partial charge in [-0.25, -0.2) is 4.79 Å². The van der Waals surface area contributed by atoms with Gasteiger partial charge in [-0.15, -0.1) is 0 Å². The van der Waals surface area contributed by atoms with Crippen molar-refractivity contribution >= 4 is 5.97 Å². The Kier molecular flexibility index (Phi) is 3.89. The van der Waals surface area contributed by atoms with E-state index in [1.165, 1.54) is 6.07 Å². The van der Waals surface area contributed by atoms with E-state index >= 15 is 0 Å². The van der Waals surface area contributed by atoms with Gasteiger partial charge < -0.3 is 9.84 Å². The maximum Gasteiger partial charge on any atom is 0.338 e. The third-order valence-corrected chi connectivity index (χ3v) is 2.88. The number of hydrogen-bond donors (Lipinski definition) is 1. The molecule has 1 N–H and O–H groups in total. The van der Waals surface area contributed by atoms with Gasteiger partial charge in [-0.1, -0.05) is 36.4 Å². The smallest absolute Gasteiger partial charge is 0.338 e. The maximum atomic E-state index is 11.7. The summed E-state index contributed by atoms with van der Waals surface area (Å²) < 4.78 is 5.27. The molecule has 0 heterocycles. The Morgan fingerprint density at radius 2 is 1.80 bits per heavy atom. The zero-order valence-corrected chi connectivity index (χ0v) is 11.5. The average Bonchev–Trinajstić information content (AvgIpc) is 2.40. The second-order valence-corrected chi connectivity index (χ2v) is 4.72. The van der Waals surface area contributed by atoms with E-state index in [-0.39, 0.29) is 5.75 Å². The first-order chi connectivity index (χ1) is 9.47. The molecule has 0 aromatic heterocycles. The van der Waals surface area contributed by atoms with Gasteiger partial charge in [0.2, 0.25) is 0 Å². The largest absolute Gasteiger partial charge is 0.508 e. The SMILES string of the molecule is C=C(C)C(=O)Oc1cc(O)ccc1-c1ccc(C)cc1. The van der Waals surface area contributed by atoms with Crippen molar-refractivity contribution in [1.29, 1.82) is 0 Å². The summed E-state index contributed by atoms with van der Waals surface area (Å²) >= 11 is 0. The minimum absolute atomic E-state index is 0.0466. The van der Waals surface area contributed by atoms with Crippen LogP contribution in [0.2, 0.25) is 0 Å². The molecular weight excluding hydrogens is 252 g/mol. The molecule has 0 aliphatic carbocycles. The molecule has 0 unspecified atom stereocenters. The van der Waals surface area contributed by atoms with Crippen LogP contribution >= 0.6 is 0 Å². The molecule has 20 heavy (non-hydrogen) atoms. The first-order valence-corrected chi connectivity index (χ1v) is 6.25. The quantitative estimate of drug-likeness (QED) is 0.522. The Bertz CT molecular complexity index is 654. The van der Waals surface area contributed by atoms with Crippen LogP contribution in [0.1, 0.15) is 12.5 Å². The van der Waals surface area contributed by atoms with Crippen LogP contribution in [0.4, 0.5) is 0 Å². The summed E-state index contributed by atoms with van der Waals surface area (Å²) in [4.78, 5) is 11.7. The van der Waals surface area contributed by atoms with E-state index in [0.717, 1.165) is 16.7 Å². The molecular formula is C17H16O3. The van der Waals surface area contributed by atoms with Crippen molar-refractivity contribution < 1.29 is 14.6 Å². The number of phenolic OH excluding ortho intramolecular Hbond substituents is 1. The molecule has 3 nitrogen and oxygen atoms in total. The van der Waals surface area contributed by atoms with Crippen LogP contribution in [-0.4, -0.2) is 11.1 Å².